The van der Waals surface area contributed by atoms with E-state index in [1.807, 2.05) is 0 Å². The van der Waals surface area contributed by atoms with E-state index >= 15 is 0 Å². The van der Waals surface area contributed by atoms with E-state index in [2.05, 4.69) is 15.4 Å². The Morgan fingerprint density at radius 3 is 2.27 bits per heavy atom. The summed E-state index contributed by atoms with van der Waals surface area (Å²) in [4.78, 5) is 23.5. The van der Waals surface area contributed by atoms with Crippen LogP contribution in [0.2, 0.25) is 0 Å². The molecule has 0 fully saturated rings. The average Bonchev–Trinajstić information content (AvgIpc) is 3.08. The third-order valence-electron chi connectivity index (χ3n) is 4.71. The number of alkyl halides is 3. The van der Waals surface area contributed by atoms with E-state index in [0.717, 1.165) is 24.3 Å². The predicted molar refractivity (Wildman–Crippen MR) is 107 cm³/mol. The Morgan fingerprint density at radius 1 is 1.09 bits per heavy atom. The maximum Gasteiger partial charge on any atom is 0.573 e. The number of carbonyl (C=O) groups is 2. The van der Waals surface area contributed by atoms with Crippen LogP contribution in [0.15, 0.2) is 54.1 Å². The lowest BCUT2D eigenvalue weighted by Gasteiger charge is -2.38. The highest BCUT2D eigenvalue weighted by Crippen LogP contribution is 2.46. The van der Waals surface area contributed by atoms with Crippen molar-refractivity contribution in [3.8, 4) is 5.75 Å². The van der Waals surface area contributed by atoms with Crippen molar-refractivity contribution in [2.45, 2.75) is 25.1 Å². The highest BCUT2D eigenvalue weighted by molar-refractivity contribution is 6.00. The Morgan fingerprint density at radius 2 is 1.73 bits per heavy atom. The summed E-state index contributed by atoms with van der Waals surface area (Å²) < 4.78 is 60.9. The largest absolute Gasteiger partial charge is 0.573 e. The molecule has 1 aliphatic rings. The first-order valence-electron chi connectivity index (χ1n) is 9.47. The Labute approximate surface area is 184 Å². The molecule has 0 saturated heterocycles. The molecule has 0 bridgehead atoms. The van der Waals surface area contributed by atoms with Crippen molar-refractivity contribution in [3.63, 3.8) is 0 Å². The van der Waals surface area contributed by atoms with Crippen molar-refractivity contribution in [1.82, 2.24) is 0 Å². The summed E-state index contributed by atoms with van der Waals surface area (Å²) in [5.41, 5.74) is -2.05. The lowest BCUT2D eigenvalue weighted by atomic mass is 9.88. The predicted octanol–water partition coefficient (Wildman–Crippen LogP) is 4.13. The first-order valence-corrected chi connectivity index (χ1v) is 9.47. The van der Waals surface area contributed by atoms with E-state index < -0.39 is 47.2 Å². The molecule has 4 N–H and O–H groups in total. The zero-order chi connectivity index (χ0) is 24.4. The minimum Gasteiger partial charge on any atom is -0.478 e. The molecule has 176 valence electrons. The molecule has 8 nitrogen and oxygen atoms in total. The van der Waals surface area contributed by atoms with Gasteiger partial charge in [-0.2, -0.15) is 0 Å². The van der Waals surface area contributed by atoms with Crippen LogP contribution < -0.4 is 15.4 Å². The minimum absolute atomic E-state index is 0.0151. The Kier molecular flexibility index (Phi) is 6.49. The van der Waals surface area contributed by atoms with Crippen molar-refractivity contribution < 1.29 is 46.8 Å². The number of nitrogens with one attached hydrogen (secondary N) is 2. The van der Waals surface area contributed by atoms with Gasteiger partial charge in [0.1, 0.15) is 17.7 Å². The molecular weight excluding hydrogens is 452 g/mol. The van der Waals surface area contributed by atoms with E-state index in [0.29, 0.717) is 6.08 Å². The van der Waals surface area contributed by atoms with Crippen LogP contribution in [0, 0.1) is 5.82 Å². The third-order valence-corrected chi connectivity index (χ3v) is 4.71. The zero-order valence-electron chi connectivity index (χ0n) is 16.9. The summed E-state index contributed by atoms with van der Waals surface area (Å²) in [7, 11) is 0. The maximum atomic E-state index is 13.8. The minimum atomic E-state index is -4.91. The summed E-state index contributed by atoms with van der Waals surface area (Å²) in [6.07, 6.45) is -5.74. The second kappa shape index (κ2) is 8.98. The zero-order valence-corrected chi connectivity index (χ0v) is 16.9. The molecular formula is C21H18F4N2O6. The van der Waals surface area contributed by atoms with Crippen LogP contribution in [0.4, 0.5) is 28.9 Å². The molecule has 2 aromatic carbocycles. The fourth-order valence-corrected chi connectivity index (χ4v) is 3.54. The van der Waals surface area contributed by atoms with Crippen molar-refractivity contribution in [1.29, 1.82) is 0 Å². The van der Waals surface area contributed by atoms with Gasteiger partial charge in [-0.1, -0.05) is 12.1 Å². The number of anilines is 2. The number of aliphatic carboxylic acids is 2. The van der Waals surface area contributed by atoms with E-state index in [-0.39, 0.29) is 23.5 Å². The molecule has 3 rings (SSSR count). The summed E-state index contributed by atoms with van der Waals surface area (Å²) in [6.45, 7) is 1.60. The van der Waals surface area contributed by atoms with Crippen molar-refractivity contribution in [2.24, 2.45) is 0 Å². The highest BCUT2D eigenvalue weighted by Gasteiger charge is 2.51. The molecule has 2 atom stereocenters. The Bertz CT molecular complexity index is 1090. The molecule has 0 aliphatic carbocycles. The van der Waals surface area contributed by atoms with E-state index in [1.165, 1.54) is 18.2 Å². The second-order valence-corrected chi connectivity index (χ2v) is 6.90. The van der Waals surface area contributed by atoms with Gasteiger partial charge in [-0.3, -0.25) is 0 Å². The molecule has 0 radical (unpaired) electrons. The van der Waals surface area contributed by atoms with E-state index in [9.17, 15) is 37.4 Å². The molecule has 0 aromatic heterocycles. The van der Waals surface area contributed by atoms with Crippen molar-refractivity contribution in [2.75, 3.05) is 17.2 Å². The fraction of sp³-hybridized carbons (Fsp3) is 0.238. The SMILES string of the molecule is CCOC(c1ccc(OC(F)(F)F)cc1)C1(/C(=C/C(=O)O)C(=O)O)Nc2ccc(F)cc2N1. The summed E-state index contributed by atoms with van der Waals surface area (Å²) in [6, 6.07) is 7.96. The van der Waals surface area contributed by atoms with Crippen LogP contribution in [0.3, 0.4) is 0 Å². The number of ether oxygens (including phenoxy) is 2. The quantitative estimate of drug-likeness (QED) is 0.336. The molecule has 12 heteroatoms. The fourth-order valence-electron chi connectivity index (χ4n) is 3.54. The van der Waals surface area contributed by atoms with Crippen LogP contribution in [0.5, 0.6) is 5.75 Å². The number of hydrogen-bond donors (Lipinski definition) is 4. The van der Waals surface area contributed by atoms with Crippen LogP contribution in [0.1, 0.15) is 18.6 Å². The van der Waals surface area contributed by atoms with Crippen LogP contribution in [0.25, 0.3) is 0 Å². The van der Waals surface area contributed by atoms with Gasteiger partial charge in [-0.25, -0.2) is 14.0 Å². The number of carboxylic acid groups (broad SMARTS) is 2. The summed E-state index contributed by atoms with van der Waals surface area (Å²) in [5.74, 6) is -4.35. The molecule has 2 unspecified atom stereocenters. The van der Waals surface area contributed by atoms with Gasteiger partial charge in [-0.05, 0) is 42.8 Å². The molecule has 0 saturated carbocycles. The first kappa shape index (κ1) is 23.9. The number of halogens is 4. The topological polar surface area (TPSA) is 117 Å². The van der Waals surface area contributed by atoms with Crippen LogP contribution >= 0.6 is 0 Å². The van der Waals surface area contributed by atoms with E-state index in [4.69, 9.17) is 4.74 Å². The Balaban J connectivity index is 2.15. The first-order chi connectivity index (χ1) is 15.4. The molecule has 0 amide bonds. The van der Waals surface area contributed by atoms with Gasteiger partial charge in [-0.15, -0.1) is 13.2 Å². The standard InChI is InChI=1S/C21H18F4N2O6/c1-2-32-18(11-3-6-13(7-4-11)33-21(23,24)25)20(14(19(30)31)10-17(28)29)26-15-8-5-12(22)9-16(15)27-20/h3-10,18,26-27H,2H2,1H3,(H,28,29)(H,30,31)/b14-10+. The van der Waals surface area contributed by atoms with E-state index in [1.54, 1.807) is 6.92 Å². The third kappa shape index (κ3) is 5.17. The second-order valence-electron chi connectivity index (χ2n) is 6.90. The normalized spacial score (nSPS) is 18.6. The van der Waals surface area contributed by atoms with Crippen molar-refractivity contribution >= 4 is 23.3 Å². The smallest absolute Gasteiger partial charge is 0.478 e. The monoisotopic (exact) mass is 470 g/mol. The summed E-state index contributed by atoms with van der Waals surface area (Å²) >= 11 is 0. The van der Waals surface area contributed by atoms with Crippen LogP contribution in [-0.2, 0) is 14.3 Å². The lowest BCUT2D eigenvalue weighted by Crippen LogP contribution is -2.52. The number of hydrogen-bond acceptors (Lipinski definition) is 6. The average molecular weight is 470 g/mol. The maximum absolute atomic E-state index is 13.8. The molecule has 1 heterocycles. The highest BCUT2D eigenvalue weighted by atomic mass is 19.4. The molecule has 2 aromatic rings. The summed E-state index contributed by atoms with van der Waals surface area (Å²) in [5, 5.41) is 24.8. The van der Waals surface area contributed by atoms with Gasteiger partial charge < -0.3 is 30.3 Å². The van der Waals surface area contributed by atoms with Crippen molar-refractivity contribution in [3.05, 3.63) is 65.5 Å². The number of carboxylic acids is 2. The van der Waals surface area contributed by atoms with Gasteiger partial charge in [0.25, 0.3) is 0 Å². The van der Waals surface area contributed by atoms with Gasteiger partial charge in [0.05, 0.1) is 16.9 Å². The van der Waals surface area contributed by atoms with Gasteiger partial charge in [0, 0.05) is 12.7 Å². The van der Waals surface area contributed by atoms with Gasteiger partial charge in [0.15, 0.2) is 5.66 Å². The van der Waals surface area contributed by atoms with Gasteiger partial charge >= 0.3 is 18.3 Å². The molecule has 1 aliphatic heterocycles. The number of benzene rings is 2. The Hall–Kier alpha value is -3.80. The lowest BCUT2D eigenvalue weighted by molar-refractivity contribution is -0.274. The van der Waals surface area contributed by atoms with Gasteiger partial charge in [0.2, 0.25) is 0 Å². The molecule has 33 heavy (non-hydrogen) atoms. The van der Waals surface area contributed by atoms with Crippen LogP contribution in [-0.4, -0.2) is 40.8 Å². The number of rotatable bonds is 8. The number of fused-ring (bicyclic) bond motifs is 1. The molecule has 0 spiro atoms.